The fraction of sp³-hybridized carbons (Fsp3) is 0. The van der Waals surface area contributed by atoms with Crippen LogP contribution in [0.5, 0.6) is 0 Å². The van der Waals surface area contributed by atoms with Crippen molar-refractivity contribution < 1.29 is 0 Å². The second kappa shape index (κ2) is 6.14. The minimum Gasteiger partial charge on any atom is -0.216 e. The third-order valence-corrected chi connectivity index (χ3v) is 3.90. The van der Waals surface area contributed by atoms with Crippen LogP contribution in [0.4, 0.5) is 0 Å². The molecule has 1 aromatic heterocycles. The van der Waals surface area contributed by atoms with E-state index < -0.39 is 0 Å². The maximum atomic E-state index is 5.98. The second-order valence-corrected chi connectivity index (χ2v) is 6.08. The molecule has 0 aliphatic rings. The van der Waals surface area contributed by atoms with Gasteiger partial charge >= 0.3 is 0 Å². The Hall–Kier alpha value is -1.42. The summed E-state index contributed by atoms with van der Waals surface area (Å²) in [6.45, 7) is 0. The van der Waals surface area contributed by atoms with Crippen LogP contribution in [-0.2, 0) is 0 Å². The fourth-order valence-electron chi connectivity index (χ4n) is 2.07. The molecule has 0 bridgehead atoms. The van der Waals surface area contributed by atoms with Crippen molar-refractivity contribution in [3.8, 4) is 22.5 Å². The zero-order valence-corrected chi connectivity index (χ0v) is 13.8. The van der Waals surface area contributed by atoms with Crippen molar-refractivity contribution in [2.24, 2.45) is 0 Å². The highest BCUT2D eigenvalue weighted by Gasteiger charge is 2.11. The first-order valence-corrected chi connectivity index (χ1v) is 7.74. The molecule has 3 rings (SSSR count). The van der Waals surface area contributed by atoms with E-state index in [2.05, 4.69) is 25.9 Å². The average molecular weight is 380 g/mol. The lowest BCUT2D eigenvalue weighted by Gasteiger charge is -2.09. The van der Waals surface area contributed by atoms with E-state index in [-0.39, 0.29) is 0 Å². The molecule has 2 nitrogen and oxygen atoms in total. The second-order valence-electron chi connectivity index (χ2n) is 4.39. The molecule has 2 aromatic carbocycles. The maximum Gasteiger partial charge on any atom is 0.163 e. The third-order valence-electron chi connectivity index (χ3n) is 2.99. The first kappa shape index (κ1) is 14.5. The minimum absolute atomic E-state index is 0.329. The lowest BCUT2D eigenvalue weighted by molar-refractivity contribution is 1.18. The summed E-state index contributed by atoms with van der Waals surface area (Å²) in [6.07, 6.45) is 0. The normalized spacial score (nSPS) is 10.6. The van der Waals surface area contributed by atoms with Gasteiger partial charge in [-0.2, -0.15) is 0 Å². The summed E-state index contributed by atoms with van der Waals surface area (Å²) in [5.74, 6) is 0.519. The molecule has 0 aliphatic heterocycles. The number of benzene rings is 2. The molecule has 0 amide bonds. The number of aromatic nitrogens is 2. The van der Waals surface area contributed by atoms with Crippen molar-refractivity contribution in [3.63, 3.8) is 0 Å². The van der Waals surface area contributed by atoms with Gasteiger partial charge in [0.1, 0.15) is 10.3 Å². The van der Waals surface area contributed by atoms with Crippen molar-refractivity contribution in [1.29, 1.82) is 0 Å². The number of halogens is 3. The van der Waals surface area contributed by atoms with Crippen LogP contribution in [0.15, 0.2) is 59.1 Å². The maximum absolute atomic E-state index is 5.98. The molecule has 21 heavy (non-hydrogen) atoms. The minimum atomic E-state index is 0.329. The Morgan fingerprint density at radius 2 is 1.33 bits per heavy atom. The molecule has 0 unspecified atom stereocenters. The van der Waals surface area contributed by atoms with E-state index in [0.29, 0.717) is 16.1 Å². The van der Waals surface area contributed by atoms with Crippen molar-refractivity contribution in [1.82, 2.24) is 9.97 Å². The number of rotatable bonds is 2. The summed E-state index contributed by atoms with van der Waals surface area (Å²) in [7, 11) is 0. The molecule has 3 aromatic rings. The Morgan fingerprint density at radius 3 is 1.95 bits per heavy atom. The summed E-state index contributed by atoms with van der Waals surface area (Å²) in [5.41, 5.74) is 3.00. The molecule has 0 radical (unpaired) electrons. The van der Waals surface area contributed by atoms with Gasteiger partial charge in [0.2, 0.25) is 0 Å². The molecule has 0 saturated heterocycles. The summed E-state index contributed by atoms with van der Waals surface area (Å²) >= 11 is 15.4. The van der Waals surface area contributed by atoms with Crippen LogP contribution in [-0.4, -0.2) is 9.97 Å². The molecule has 5 heteroatoms. The first-order valence-electron chi connectivity index (χ1n) is 6.19. The molecule has 0 atom stereocenters. The largest absolute Gasteiger partial charge is 0.216 e. The van der Waals surface area contributed by atoms with Gasteiger partial charge in [0, 0.05) is 16.1 Å². The van der Waals surface area contributed by atoms with E-state index in [1.165, 1.54) is 6.07 Å². The predicted octanol–water partition coefficient (Wildman–Crippen LogP) is 5.88. The van der Waals surface area contributed by atoms with Crippen LogP contribution in [0.1, 0.15) is 0 Å². The highest BCUT2D eigenvalue weighted by Crippen LogP contribution is 2.31. The van der Waals surface area contributed by atoms with Crippen molar-refractivity contribution in [3.05, 3.63) is 69.4 Å². The topological polar surface area (TPSA) is 25.8 Å². The van der Waals surface area contributed by atoms with E-state index >= 15 is 0 Å². The van der Waals surface area contributed by atoms with E-state index in [0.717, 1.165) is 21.2 Å². The first-order chi connectivity index (χ1) is 10.1. The van der Waals surface area contributed by atoms with Gasteiger partial charge in [0.05, 0.1) is 0 Å². The summed E-state index contributed by atoms with van der Waals surface area (Å²) in [4.78, 5) is 8.54. The Morgan fingerprint density at radius 1 is 0.762 bits per heavy atom. The Kier molecular flexibility index (Phi) is 4.24. The summed E-state index contributed by atoms with van der Waals surface area (Å²) in [6, 6.07) is 17.5. The number of nitrogens with zero attached hydrogens (tertiary/aromatic N) is 2. The van der Waals surface area contributed by atoms with Crippen LogP contribution >= 0.6 is 39.1 Å². The summed E-state index contributed by atoms with van der Waals surface area (Å²) in [5, 5.41) is 0.659. The molecule has 0 N–H and O–H groups in total. The lowest BCUT2D eigenvalue weighted by atomic mass is 9.99. The monoisotopic (exact) mass is 378 g/mol. The summed E-state index contributed by atoms with van der Waals surface area (Å²) < 4.78 is 1.03. The van der Waals surface area contributed by atoms with Gasteiger partial charge in [-0.25, -0.2) is 9.97 Å². The van der Waals surface area contributed by atoms with Crippen LogP contribution in [0.3, 0.4) is 0 Å². The fourth-order valence-corrected chi connectivity index (χ4v) is 2.76. The molecule has 1 heterocycles. The average Bonchev–Trinajstić information content (AvgIpc) is 2.47. The lowest BCUT2D eigenvalue weighted by Crippen LogP contribution is -1.92. The molecular weight excluding hydrogens is 371 g/mol. The SMILES string of the molecule is Clc1cc(Cl)nc(-c2ccccc2-c2ccc(Br)cc2)n1. The Bertz CT molecular complexity index is 768. The van der Waals surface area contributed by atoms with Gasteiger partial charge in [-0.05, 0) is 23.3 Å². The van der Waals surface area contributed by atoms with E-state index in [9.17, 15) is 0 Å². The van der Waals surface area contributed by atoms with Crippen LogP contribution in [0, 0.1) is 0 Å². The standard InChI is InChI=1S/C16H9BrCl2N2/c17-11-7-5-10(6-8-11)12-3-1-2-4-13(12)16-20-14(18)9-15(19)21-16/h1-9H. The zero-order valence-electron chi connectivity index (χ0n) is 10.7. The van der Waals surface area contributed by atoms with Crippen LogP contribution in [0.2, 0.25) is 10.3 Å². The van der Waals surface area contributed by atoms with E-state index in [4.69, 9.17) is 23.2 Å². The zero-order chi connectivity index (χ0) is 14.8. The molecule has 104 valence electrons. The van der Waals surface area contributed by atoms with E-state index in [1.807, 2.05) is 48.5 Å². The number of hydrogen-bond acceptors (Lipinski definition) is 2. The van der Waals surface area contributed by atoms with Crippen LogP contribution < -0.4 is 0 Å². The quantitative estimate of drug-likeness (QED) is 0.519. The van der Waals surface area contributed by atoms with Crippen molar-refractivity contribution >= 4 is 39.1 Å². The van der Waals surface area contributed by atoms with Gasteiger partial charge in [-0.3, -0.25) is 0 Å². The van der Waals surface area contributed by atoms with Gasteiger partial charge in [0.25, 0.3) is 0 Å². The smallest absolute Gasteiger partial charge is 0.163 e. The van der Waals surface area contributed by atoms with Crippen molar-refractivity contribution in [2.75, 3.05) is 0 Å². The molecule has 0 saturated carbocycles. The molecular formula is C16H9BrCl2N2. The van der Waals surface area contributed by atoms with Gasteiger partial charge in [-0.15, -0.1) is 0 Å². The van der Waals surface area contributed by atoms with Gasteiger partial charge < -0.3 is 0 Å². The Labute approximate surface area is 140 Å². The predicted molar refractivity (Wildman–Crippen MR) is 90.6 cm³/mol. The highest BCUT2D eigenvalue weighted by molar-refractivity contribution is 9.10. The van der Waals surface area contributed by atoms with E-state index in [1.54, 1.807) is 0 Å². The third kappa shape index (κ3) is 3.26. The van der Waals surface area contributed by atoms with Crippen molar-refractivity contribution in [2.45, 2.75) is 0 Å². The highest BCUT2D eigenvalue weighted by atomic mass is 79.9. The van der Waals surface area contributed by atoms with Gasteiger partial charge in [0.15, 0.2) is 5.82 Å². The number of hydrogen-bond donors (Lipinski definition) is 0. The molecule has 0 spiro atoms. The molecule has 0 fully saturated rings. The van der Waals surface area contributed by atoms with Crippen LogP contribution in [0.25, 0.3) is 22.5 Å². The Balaban J connectivity index is 2.17. The van der Waals surface area contributed by atoms with Gasteiger partial charge in [-0.1, -0.05) is 75.5 Å². The molecule has 0 aliphatic carbocycles.